The second-order valence-electron chi connectivity index (χ2n) is 6.87. The van der Waals surface area contributed by atoms with Crippen LogP contribution in [0.1, 0.15) is 26.3 Å². The van der Waals surface area contributed by atoms with E-state index < -0.39 is 6.04 Å². The SMILES string of the molecule is COc1ccc(CN2CCN(C(=O)[C@@H](NC(C)=O)C(C)C)CC2)cc1. The minimum Gasteiger partial charge on any atom is -0.497 e. The van der Waals surface area contributed by atoms with Crippen LogP contribution in [-0.2, 0) is 16.1 Å². The Morgan fingerprint density at radius 1 is 1.12 bits per heavy atom. The van der Waals surface area contributed by atoms with Gasteiger partial charge in [-0.25, -0.2) is 0 Å². The molecule has 0 unspecified atom stereocenters. The average molecular weight is 347 g/mol. The van der Waals surface area contributed by atoms with Gasteiger partial charge < -0.3 is 15.0 Å². The van der Waals surface area contributed by atoms with Crippen molar-refractivity contribution in [3.63, 3.8) is 0 Å². The lowest BCUT2D eigenvalue weighted by molar-refractivity contribution is -0.138. The van der Waals surface area contributed by atoms with E-state index in [-0.39, 0.29) is 17.7 Å². The van der Waals surface area contributed by atoms with Crippen molar-refractivity contribution < 1.29 is 14.3 Å². The molecule has 0 radical (unpaired) electrons. The number of rotatable bonds is 6. The second kappa shape index (κ2) is 8.85. The summed E-state index contributed by atoms with van der Waals surface area (Å²) >= 11 is 0. The Bertz CT molecular complexity index is 578. The number of ether oxygens (including phenoxy) is 1. The van der Waals surface area contributed by atoms with Gasteiger partial charge in [-0.3, -0.25) is 14.5 Å². The van der Waals surface area contributed by atoms with Crippen LogP contribution in [0, 0.1) is 5.92 Å². The van der Waals surface area contributed by atoms with E-state index >= 15 is 0 Å². The van der Waals surface area contributed by atoms with Gasteiger partial charge in [0.1, 0.15) is 11.8 Å². The molecule has 6 heteroatoms. The largest absolute Gasteiger partial charge is 0.497 e. The third-order valence-corrected chi connectivity index (χ3v) is 4.54. The van der Waals surface area contributed by atoms with E-state index in [9.17, 15) is 9.59 Å². The maximum atomic E-state index is 12.7. The topological polar surface area (TPSA) is 61.9 Å². The van der Waals surface area contributed by atoms with Crippen LogP contribution in [0.5, 0.6) is 5.75 Å². The van der Waals surface area contributed by atoms with Crippen molar-refractivity contribution in [2.45, 2.75) is 33.4 Å². The van der Waals surface area contributed by atoms with Gasteiger partial charge >= 0.3 is 0 Å². The number of carbonyl (C=O) groups excluding carboxylic acids is 2. The minimum atomic E-state index is -0.439. The molecule has 1 aliphatic heterocycles. The number of benzene rings is 1. The first-order chi connectivity index (χ1) is 11.9. The summed E-state index contributed by atoms with van der Waals surface area (Å²) in [5, 5.41) is 2.78. The summed E-state index contributed by atoms with van der Waals surface area (Å²) in [6.07, 6.45) is 0. The molecule has 1 N–H and O–H groups in total. The van der Waals surface area contributed by atoms with Crippen molar-refractivity contribution in [1.29, 1.82) is 0 Å². The fraction of sp³-hybridized carbons (Fsp3) is 0.579. The van der Waals surface area contributed by atoms with Crippen molar-refractivity contribution in [3.05, 3.63) is 29.8 Å². The monoisotopic (exact) mass is 347 g/mol. The number of carbonyl (C=O) groups is 2. The summed E-state index contributed by atoms with van der Waals surface area (Å²) in [5.74, 6) is 0.796. The van der Waals surface area contributed by atoms with E-state index in [4.69, 9.17) is 4.74 Å². The predicted molar refractivity (Wildman–Crippen MR) is 97.3 cm³/mol. The zero-order valence-corrected chi connectivity index (χ0v) is 15.6. The fourth-order valence-electron chi connectivity index (χ4n) is 3.04. The molecule has 2 rings (SSSR count). The third-order valence-electron chi connectivity index (χ3n) is 4.54. The molecule has 0 bridgehead atoms. The lowest BCUT2D eigenvalue weighted by Crippen LogP contribution is -2.56. The van der Waals surface area contributed by atoms with Crippen molar-refractivity contribution in [1.82, 2.24) is 15.1 Å². The first kappa shape index (κ1) is 19.2. The highest BCUT2D eigenvalue weighted by atomic mass is 16.5. The highest BCUT2D eigenvalue weighted by molar-refractivity contribution is 5.87. The lowest BCUT2D eigenvalue weighted by Gasteiger charge is -2.37. The molecule has 1 aromatic rings. The molecule has 1 heterocycles. The molecule has 6 nitrogen and oxygen atoms in total. The van der Waals surface area contributed by atoms with Gasteiger partial charge in [-0.05, 0) is 23.6 Å². The number of methoxy groups -OCH3 is 1. The van der Waals surface area contributed by atoms with Crippen LogP contribution in [0.15, 0.2) is 24.3 Å². The van der Waals surface area contributed by atoms with Gasteiger partial charge in [0, 0.05) is 39.6 Å². The Balaban J connectivity index is 1.87. The maximum Gasteiger partial charge on any atom is 0.245 e. The highest BCUT2D eigenvalue weighted by Gasteiger charge is 2.29. The van der Waals surface area contributed by atoms with Gasteiger partial charge in [0.2, 0.25) is 11.8 Å². The Kier molecular flexibility index (Phi) is 6.82. The molecule has 0 aliphatic carbocycles. The quantitative estimate of drug-likeness (QED) is 0.847. The summed E-state index contributed by atoms with van der Waals surface area (Å²) < 4.78 is 5.18. The van der Waals surface area contributed by atoms with E-state index in [2.05, 4.69) is 22.3 Å². The molecule has 1 saturated heterocycles. The molecular weight excluding hydrogens is 318 g/mol. The standard InChI is InChI=1S/C19H29N3O3/c1-14(2)18(20-15(3)23)19(24)22-11-9-21(10-12-22)13-16-5-7-17(25-4)8-6-16/h5-8,14,18H,9-13H2,1-4H3,(H,20,23)/t18-/m0/s1. The molecule has 0 spiro atoms. The van der Waals surface area contributed by atoms with Gasteiger partial charge in [0.05, 0.1) is 7.11 Å². The molecule has 0 saturated carbocycles. The van der Waals surface area contributed by atoms with Crippen LogP contribution in [0.3, 0.4) is 0 Å². The first-order valence-electron chi connectivity index (χ1n) is 8.82. The number of hydrogen-bond acceptors (Lipinski definition) is 4. The maximum absolute atomic E-state index is 12.7. The zero-order chi connectivity index (χ0) is 18.4. The normalized spacial score (nSPS) is 16.6. The number of hydrogen-bond donors (Lipinski definition) is 1. The van der Waals surface area contributed by atoms with Crippen LogP contribution in [0.4, 0.5) is 0 Å². The van der Waals surface area contributed by atoms with Gasteiger partial charge in [-0.1, -0.05) is 26.0 Å². The number of piperazine rings is 1. The Hall–Kier alpha value is -2.08. The van der Waals surface area contributed by atoms with Crippen LogP contribution < -0.4 is 10.1 Å². The lowest BCUT2D eigenvalue weighted by atomic mass is 10.0. The van der Waals surface area contributed by atoms with Crippen molar-refractivity contribution in [2.24, 2.45) is 5.92 Å². The third kappa shape index (κ3) is 5.46. The molecule has 25 heavy (non-hydrogen) atoms. The smallest absolute Gasteiger partial charge is 0.245 e. The van der Waals surface area contributed by atoms with Crippen LogP contribution in [-0.4, -0.2) is 60.9 Å². The molecule has 1 atom stereocenters. The highest BCUT2D eigenvalue weighted by Crippen LogP contribution is 2.15. The van der Waals surface area contributed by atoms with Gasteiger partial charge in [-0.15, -0.1) is 0 Å². The Labute approximate surface area is 150 Å². The minimum absolute atomic E-state index is 0.0225. The van der Waals surface area contributed by atoms with Crippen LogP contribution >= 0.6 is 0 Å². The summed E-state index contributed by atoms with van der Waals surface area (Å²) in [4.78, 5) is 28.2. The van der Waals surface area contributed by atoms with E-state index in [0.29, 0.717) is 13.1 Å². The van der Waals surface area contributed by atoms with Gasteiger partial charge in [0.25, 0.3) is 0 Å². The van der Waals surface area contributed by atoms with Gasteiger partial charge in [-0.2, -0.15) is 0 Å². The average Bonchev–Trinajstić information content (AvgIpc) is 2.60. The summed E-state index contributed by atoms with van der Waals surface area (Å²) in [6.45, 7) is 9.29. The molecule has 1 aromatic carbocycles. The van der Waals surface area contributed by atoms with E-state index in [1.807, 2.05) is 30.9 Å². The zero-order valence-electron chi connectivity index (χ0n) is 15.6. The van der Waals surface area contributed by atoms with Crippen LogP contribution in [0.2, 0.25) is 0 Å². The molecule has 0 aromatic heterocycles. The Morgan fingerprint density at radius 3 is 2.20 bits per heavy atom. The molecule has 2 amide bonds. The van der Waals surface area contributed by atoms with Crippen LogP contribution in [0.25, 0.3) is 0 Å². The number of amides is 2. The first-order valence-corrected chi connectivity index (χ1v) is 8.82. The number of nitrogens with one attached hydrogen (secondary N) is 1. The molecular formula is C19H29N3O3. The number of nitrogens with zero attached hydrogens (tertiary/aromatic N) is 2. The van der Waals surface area contributed by atoms with Crippen molar-refractivity contribution >= 4 is 11.8 Å². The van der Waals surface area contributed by atoms with Crippen molar-refractivity contribution in [2.75, 3.05) is 33.3 Å². The van der Waals surface area contributed by atoms with Crippen molar-refractivity contribution in [3.8, 4) is 5.75 Å². The molecule has 1 aliphatic rings. The van der Waals surface area contributed by atoms with E-state index in [1.54, 1.807) is 7.11 Å². The molecule has 138 valence electrons. The fourth-order valence-corrected chi connectivity index (χ4v) is 3.04. The molecule has 1 fully saturated rings. The summed E-state index contributed by atoms with van der Waals surface area (Å²) in [6, 6.07) is 7.64. The van der Waals surface area contributed by atoms with E-state index in [0.717, 1.165) is 25.4 Å². The summed E-state index contributed by atoms with van der Waals surface area (Å²) in [5.41, 5.74) is 1.24. The Morgan fingerprint density at radius 2 is 1.72 bits per heavy atom. The predicted octanol–water partition coefficient (Wildman–Crippen LogP) is 1.50. The van der Waals surface area contributed by atoms with E-state index in [1.165, 1.54) is 12.5 Å². The second-order valence-corrected chi connectivity index (χ2v) is 6.87. The summed E-state index contributed by atoms with van der Waals surface area (Å²) in [7, 11) is 1.66. The van der Waals surface area contributed by atoms with Gasteiger partial charge in [0.15, 0.2) is 0 Å².